The number of benzene rings is 3. The number of aromatic nitrogens is 2. The summed E-state index contributed by atoms with van der Waals surface area (Å²) in [5.41, 5.74) is 1.60. The topological polar surface area (TPSA) is 124 Å². The number of carbonyl (C=O) groups excluding carboxylic acids is 1. The van der Waals surface area contributed by atoms with E-state index in [-0.39, 0.29) is 16.9 Å². The highest BCUT2D eigenvalue weighted by molar-refractivity contribution is 7.92. The summed E-state index contributed by atoms with van der Waals surface area (Å²) in [5.74, 6) is -2.89. The number of rotatable bonds is 5. The van der Waals surface area contributed by atoms with Crippen LogP contribution in [0.3, 0.4) is 0 Å². The molecule has 8 nitrogen and oxygen atoms in total. The van der Waals surface area contributed by atoms with Crippen molar-refractivity contribution in [3.63, 3.8) is 0 Å². The first-order valence-electron chi connectivity index (χ1n) is 8.83. The lowest BCUT2D eigenvalue weighted by atomic mass is 10.2. The molecule has 158 valence electrons. The van der Waals surface area contributed by atoms with E-state index in [4.69, 9.17) is 0 Å². The Hall–Kier alpha value is -3.99. The zero-order valence-electron chi connectivity index (χ0n) is 15.6. The van der Waals surface area contributed by atoms with Crippen LogP contribution in [0, 0.1) is 11.6 Å². The molecule has 0 bridgehead atoms. The molecular formula is C20H14F2N4O4S. The van der Waals surface area contributed by atoms with E-state index in [9.17, 15) is 26.8 Å². The van der Waals surface area contributed by atoms with Crippen molar-refractivity contribution in [2.24, 2.45) is 0 Å². The number of aromatic amines is 2. The Morgan fingerprint density at radius 2 is 1.48 bits per heavy atom. The van der Waals surface area contributed by atoms with Crippen LogP contribution in [0.2, 0.25) is 0 Å². The molecule has 0 radical (unpaired) electrons. The number of amides is 1. The van der Waals surface area contributed by atoms with Gasteiger partial charge < -0.3 is 15.3 Å². The molecule has 0 fully saturated rings. The number of sulfonamides is 1. The van der Waals surface area contributed by atoms with Crippen LogP contribution in [-0.4, -0.2) is 24.3 Å². The molecule has 0 aliphatic heterocycles. The third-order valence-electron chi connectivity index (χ3n) is 4.37. The van der Waals surface area contributed by atoms with E-state index in [2.05, 4.69) is 20.0 Å². The Bertz CT molecular complexity index is 1460. The van der Waals surface area contributed by atoms with Gasteiger partial charge in [0.05, 0.1) is 15.9 Å². The second-order valence-corrected chi connectivity index (χ2v) is 8.23. The van der Waals surface area contributed by atoms with Gasteiger partial charge in [0, 0.05) is 16.9 Å². The minimum Gasteiger partial charge on any atom is -0.322 e. The van der Waals surface area contributed by atoms with Gasteiger partial charge in [-0.25, -0.2) is 22.0 Å². The van der Waals surface area contributed by atoms with Gasteiger partial charge in [0.25, 0.3) is 15.9 Å². The summed E-state index contributed by atoms with van der Waals surface area (Å²) in [6.07, 6.45) is 0. The van der Waals surface area contributed by atoms with Crippen LogP contribution in [-0.2, 0) is 10.0 Å². The molecule has 0 saturated heterocycles. The van der Waals surface area contributed by atoms with Crippen molar-refractivity contribution in [2.75, 3.05) is 10.0 Å². The maximum absolute atomic E-state index is 13.3. The number of H-pyrrole nitrogens is 2. The quantitative estimate of drug-likeness (QED) is 0.377. The lowest BCUT2D eigenvalue weighted by Gasteiger charge is -2.10. The zero-order chi connectivity index (χ0) is 22.2. The van der Waals surface area contributed by atoms with E-state index in [1.54, 1.807) is 18.2 Å². The maximum atomic E-state index is 13.3. The molecule has 4 aromatic rings. The van der Waals surface area contributed by atoms with Crippen LogP contribution in [0.25, 0.3) is 11.0 Å². The van der Waals surface area contributed by atoms with Crippen LogP contribution in [0.4, 0.5) is 20.2 Å². The Morgan fingerprint density at radius 3 is 2.19 bits per heavy atom. The van der Waals surface area contributed by atoms with Crippen molar-refractivity contribution < 1.29 is 22.0 Å². The molecule has 0 aliphatic carbocycles. The second kappa shape index (κ2) is 7.69. The SMILES string of the molecule is O=C(Nc1ccc2[nH]c(=O)[nH]c2c1)c1ccc(NS(=O)(=O)c2ccc(F)c(F)c2)cc1. The van der Waals surface area contributed by atoms with E-state index in [0.29, 0.717) is 22.8 Å². The molecule has 0 aliphatic rings. The van der Waals surface area contributed by atoms with Crippen molar-refractivity contribution in [2.45, 2.75) is 4.90 Å². The van der Waals surface area contributed by atoms with Gasteiger partial charge in [-0.05, 0) is 60.7 Å². The third-order valence-corrected chi connectivity index (χ3v) is 5.75. The number of anilines is 2. The van der Waals surface area contributed by atoms with E-state index in [1.807, 2.05) is 0 Å². The van der Waals surface area contributed by atoms with Crippen molar-refractivity contribution in [3.05, 3.63) is 88.3 Å². The van der Waals surface area contributed by atoms with Crippen molar-refractivity contribution >= 4 is 38.3 Å². The van der Waals surface area contributed by atoms with E-state index in [1.165, 1.54) is 24.3 Å². The smallest absolute Gasteiger partial charge is 0.322 e. The Labute approximate surface area is 174 Å². The molecule has 4 rings (SSSR count). The number of fused-ring (bicyclic) bond motifs is 1. The molecule has 0 unspecified atom stereocenters. The van der Waals surface area contributed by atoms with E-state index < -0.39 is 32.5 Å². The number of imidazole rings is 1. The Kier molecular flexibility index (Phi) is 5.03. The lowest BCUT2D eigenvalue weighted by Crippen LogP contribution is -2.14. The first-order chi connectivity index (χ1) is 14.7. The summed E-state index contributed by atoms with van der Waals surface area (Å²) >= 11 is 0. The number of hydrogen-bond donors (Lipinski definition) is 4. The average molecular weight is 444 g/mol. The van der Waals surface area contributed by atoms with Crippen molar-refractivity contribution in [1.29, 1.82) is 0 Å². The molecule has 3 aromatic carbocycles. The van der Waals surface area contributed by atoms with Gasteiger partial charge in [0.15, 0.2) is 11.6 Å². The van der Waals surface area contributed by atoms with E-state index >= 15 is 0 Å². The highest BCUT2D eigenvalue weighted by Crippen LogP contribution is 2.20. The number of halogens is 2. The Morgan fingerprint density at radius 1 is 0.806 bits per heavy atom. The van der Waals surface area contributed by atoms with Crippen LogP contribution in [0.5, 0.6) is 0 Å². The summed E-state index contributed by atoms with van der Waals surface area (Å²) in [6, 6.07) is 12.6. The van der Waals surface area contributed by atoms with Crippen LogP contribution in [0.1, 0.15) is 10.4 Å². The predicted molar refractivity (Wildman–Crippen MR) is 110 cm³/mol. The number of carbonyl (C=O) groups is 1. The van der Waals surface area contributed by atoms with Gasteiger partial charge in [-0.2, -0.15) is 0 Å². The molecule has 1 amide bonds. The molecule has 1 heterocycles. The minimum absolute atomic E-state index is 0.132. The highest BCUT2D eigenvalue weighted by atomic mass is 32.2. The summed E-state index contributed by atoms with van der Waals surface area (Å²) in [7, 11) is -4.14. The number of hydrogen-bond acceptors (Lipinski definition) is 4. The van der Waals surface area contributed by atoms with Gasteiger partial charge in [0.1, 0.15) is 0 Å². The van der Waals surface area contributed by atoms with Crippen LogP contribution < -0.4 is 15.7 Å². The molecule has 31 heavy (non-hydrogen) atoms. The van der Waals surface area contributed by atoms with Crippen molar-refractivity contribution in [3.8, 4) is 0 Å². The fourth-order valence-corrected chi connectivity index (χ4v) is 3.93. The zero-order valence-corrected chi connectivity index (χ0v) is 16.4. The van der Waals surface area contributed by atoms with Gasteiger partial charge in [-0.1, -0.05) is 0 Å². The van der Waals surface area contributed by atoms with Crippen LogP contribution in [0.15, 0.2) is 70.4 Å². The largest absolute Gasteiger partial charge is 0.323 e. The highest BCUT2D eigenvalue weighted by Gasteiger charge is 2.17. The average Bonchev–Trinajstić information content (AvgIpc) is 3.09. The molecular weight excluding hydrogens is 430 g/mol. The summed E-state index contributed by atoms with van der Waals surface area (Å²) in [4.78, 5) is 28.5. The first kappa shape index (κ1) is 20.3. The van der Waals surface area contributed by atoms with Crippen LogP contribution >= 0.6 is 0 Å². The molecule has 4 N–H and O–H groups in total. The summed E-state index contributed by atoms with van der Waals surface area (Å²) < 4.78 is 53.2. The molecule has 1 aromatic heterocycles. The van der Waals surface area contributed by atoms with Crippen molar-refractivity contribution in [1.82, 2.24) is 9.97 Å². The molecule has 11 heteroatoms. The summed E-state index contributed by atoms with van der Waals surface area (Å²) in [5, 5.41) is 2.67. The maximum Gasteiger partial charge on any atom is 0.323 e. The van der Waals surface area contributed by atoms with Gasteiger partial charge in [0.2, 0.25) is 0 Å². The van der Waals surface area contributed by atoms with Gasteiger partial charge in [-0.15, -0.1) is 0 Å². The normalized spacial score (nSPS) is 11.4. The summed E-state index contributed by atoms with van der Waals surface area (Å²) in [6.45, 7) is 0. The molecule has 0 spiro atoms. The Balaban J connectivity index is 1.48. The first-order valence-corrected chi connectivity index (χ1v) is 10.3. The molecule has 0 atom stereocenters. The monoisotopic (exact) mass is 444 g/mol. The second-order valence-electron chi connectivity index (χ2n) is 6.55. The number of nitrogens with one attached hydrogen (secondary N) is 4. The minimum atomic E-state index is -4.14. The molecule has 0 saturated carbocycles. The lowest BCUT2D eigenvalue weighted by molar-refractivity contribution is 0.102. The predicted octanol–water partition coefficient (Wildman–Crippen LogP) is 3.19. The third kappa shape index (κ3) is 4.31. The standard InChI is InChI=1S/C20H14F2N4O4S/c21-15-7-6-14(10-16(15)22)31(29,30)26-12-3-1-11(2-4-12)19(27)23-13-5-8-17-18(9-13)25-20(28)24-17/h1-10,26H,(H,23,27)(H2,24,25,28). The van der Waals surface area contributed by atoms with E-state index in [0.717, 1.165) is 12.1 Å². The fourth-order valence-electron chi connectivity index (χ4n) is 2.86. The van der Waals surface area contributed by atoms with Gasteiger partial charge >= 0.3 is 5.69 Å². The van der Waals surface area contributed by atoms with Gasteiger partial charge in [-0.3, -0.25) is 9.52 Å². The fraction of sp³-hybridized carbons (Fsp3) is 0.